The number of carboxylic acids is 1. The molecule has 1 aliphatic carbocycles. The monoisotopic (exact) mass is 601 g/mol. The molecule has 1 aliphatic rings. The van der Waals surface area contributed by atoms with Crippen molar-refractivity contribution in [3.63, 3.8) is 0 Å². The first kappa shape index (κ1) is 30.0. The number of nitriles is 1. The molecule has 1 heterocycles. The van der Waals surface area contributed by atoms with E-state index in [4.69, 9.17) is 21.1 Å². The van der Waals surface area contributed by atoms with Crippen LogP contribution in [0.2, 0.25) is 5.02 Å². The Morgan fingerprint density at radius 3 is 2.70 bits per heavy atom. The van der Waals surface area contributed by atoms with Crippen LogP contribution in [0.4, 0.5) is 4.39 Å². The number of carboxylic acid groups (broad SMARTS) is 1. The molecule has 3 N–H and O–H groups in total. The molecule has 8 nitrogen and oxygen atoms in total. The van der Waals surface area contributed by atoms with Gasteiger partial charge in [0.2, 0.25) is 0 Å². The lowest BCUT2D eigenvalue weighted by atomic mass is 9.96. The van der Waals surface area contributed by atoms with Gasteiger partial charge in [-0.1, -0.05) is 48.0 Å². The Labute approximate surface area is 253 Å². The molecule has 0 spiro atoms. The zero-order valence-electron chi connectivity index (χ0n) is 23.3. The number of ether oxygens (including phenoxy) is 2. The van der Waals surface area contributed by atoms with Crippen molar-refractivity contribution in [3.05, 3.63) is 112 Å². The van der Waals surface area contributed by atoms with Gasteiger partial charge in [-0.2, -0.15) is 5.26 Å². The molecule has 0 amide bonds. The van der Waals surface area contributed by atoms with E-state index < -0.39 is 18.1 Å². The summed E-state index contributed by atoms with van der Waals surface area (Å²) in [5.74, 6) is -0.741. The maximum Gasteiger partial charge on any atom is 0.323 e. The molecule has 0 saturated carbocycles. The van der Waals surface area contributed by atoms with Crippen LogP contribution in [-0.2, 0) is 24.4 Å². The van der Waals surface area contributed by atoms with Gasteiger partial charge < -0.3 is 19.7 Å². The second-order valence-electron chi connectivity index (χ2n) is 10.3. The van der Waals surface area contributed by atoms with Gasteiger partial charge in [-0.15, -0.1) is 0 Å². The van der Waals surface area contributed by atoms with Gasteiger partial charge in [-0.3, -0.25) is 15.1 Å². The molecule has 10 heteroatoms. The highest BCUT2D eigenvalue weighted by Gasteiger charge is 2.29. The van der Waals surface area contributed by atoms with Crippen LogP contribution >= 0.6 is 11.6 Å². The average molecular weight is 602 g/mol. The normalized spacial score (nSPS) is 15.3. The SMILES string of the molecule is C[C@@H](O)[C@H](NCc1cc(Cl)c(O[C@@H]2CCc3c(-c4ccccc4F)cccc32)cc1OCc1cncc(C#N)c1)C(=O)O. The number of carbonyl (C=O) groups is 1. The van der Waals surface area contributed by atoms with Crippen molar-refractivity contribution in [2.75, 3.05) is 0 Å². The fraction of sp³-hybridized carbons (Fsp3) is 0.242. The smallest absolute Gasteiger partial charge is 0.323 e. The second kappa shape index (κ2) is 13.2. The molecule has 4 aromatic rings. The van der Waals surface area contributed by atoms with Crippen LogP contribution in [0, 0.1) is 17.1 Å². The van der Waals surface area contributed by atoms with E-state index in [1.165, 1.54) is 19.2 Å². The molecule has 0 bridgehead atoms. The molecule has 3 atom stereocenters. The number of nitrogens with one attached hydrogen (secondary N) is 1. The molecule has 0 unspecified atom stereocenters. The summed E-state index contributed by atoms with van der Waals surface area (Å²) in [6, 6.07) is 18.2. The van der Waals surface area contributed by atoms with Crippen molar-refractivity contribution in [2.24, 2.45) is 0 Å². The molecule has 0 saturated heterocycles. The third-order valence-corrected chi connectivity index (χ3v) is 7.64. The Hall–Kier alpha value is -4.49. The number of hydrogen-bond donors (Lipinski definition) is 3. The van der Waals surface area contributed by atoms with Crippen molar-refractivity contribution >= 4 is 17.6 Å². The molecule has 43 heavy (non-hydrogen) atoms. The van der Waals surface area contributed by atoms with Crippen LogP contribution in [0.15, 0.2) is 73.1 Å². The topological polar surface area (TPSA) is 125 Å². The van der Waals surface area contributed by atoms with Gasteiger partial charge >= 0.3 is 5.97 Å². The average Bonchev–Trinajstić information content (AvgIpc) is 3.40. The van der Waals surface area contributed by atoms with Gasteiger partial charge in [0, 0.05) is 41.7 Å². The first-order valence-electron chi connectivity index (χ1n) is 13.7. The summed E-state index contributed by atoms with van der Waals surface area (Å²) in [6.07, 6.45) is 2.92. The van der Waals surface area contributed by atoms with Crippen LogP contribution in [0.25, 0.3) is 11.1 Å². The van der Waals surface area contributed by atoms with Crippen molar-refractivity contribution in [3.8, 4) is 28.7 Å². The lowest BCUT2D eigenvalue weighted by Gasteiger charge is -2.21. The number of benzene rings is 3. The van der Waals surface area contributed by atoms with Crippen molar-refractivity contribution in [1.82, 2.24) is 10.3 Å². The number of rotatable bonds is 11. The summed E-state index contributed by atoms with van der Waals surface area (Å²) in [5, 5.41) is 31.7. The summed E-state index contributed by atoms with van der Waals surface area (Å²) >= 11 is 6.68. The Kier molecular flexibility index (Phi) is 9.22. The predicted octanol–water partition coefficient (Wildman–Crippen LogP) is 5.98. The maximum absolute atomic E-state index is 14.6. The zero-order valence-corrected chi connectivity index (χ0v) is 24.0. The van der Waals surface area contributed by atoms with Crippen LogP contribution < -0.4 is 14.8 Å². The van der Waals surface area contributed by atoms with E-state index in [0.29, 0.717) is 51.6 Å². The summed E-state index contributed by atoms with van der Waals surface area (Å²) < 4.78 is 27.2. The standard InChI is InChI=1S/C33H29ClFN3O5/c1-19(39)32(33(40)41)38-17-22-12-27(34)31(13-30(22)42-18-21-11-20(14-36)15-37-16-21)43-29-10-9-24-23(6-4-7-26(24)29)25-5-2-3-8-28(25)35/h2-8,11-13,15-16,19,29,32,38-39H,9-10,17-18H2,1H3,(H,40,41)/t19-,29-,32+/m1/s1. The van der Waals surface area contributed by atoms with Gasteiger partial charge in [0.15, 0.2) is 0 Å². The molecule has 1 aromatic heterocycles. The number of aliphatic hydroxyl groups is 1. The van der Waals surface area contributed by atoms with E-state index in [1.807, 2.05) is 30.3 Å². The quantitative estimate of drug-likeness (QED) is 0.192. The zero-order chi connectivity index (χ0) is 30.5. The molecular formula is C33H29ClFN3O5. The molecule has 0 fully saturated rings. The Morgan fingerprint density at radius 2 is 1.95 bits per heavy atom. The van der Waals surface area contributed by atoms with Crippen LogP contribution in [0.3, 0.4) is 0 Å². The minimum Gasteiger partial charge on any atom is -0.488 e. The number of aromatic nitrogens is 1. The Balaban J connectivity index is 1.43. The fourth-order valence-electron chi connectivity index (χ4n) is 5.24. The van der Waals surface area contributed by atoms with Gasteiger partial charge in [0.25, 0.3) is 0 Å². The number of aliphatic carboxylic acids is 1. The van der Waals surface area contributed by atoms with E-state index in [2.05, 4.69) is 10.3 Å². The lowest BCUT2D eigenvalue weighted by molar-refractivity contribution is -0.142. The maximum atomic E-state index is 14.6. The molecule has 3 aromatic carbocycles. The Morgan fingerprint density at radius 1 is 1.16 bits per heavy atom. The van der Waals surface area contributed by atoms with Crippen LogP contribution in [-0.4, -0.2) is 33.3 Å². The van der Waals surface area contributed by atoms with Gasteiger partial charge in [-0.25, -0.2) is 4.39 Å². The number of halogens is 2. The first-order valence-corrected chi connectivity index (χ1v) is 14.1. The van der Waals surface area contributed by atoms with E-state index in [9.17, 15) is 24.7 Å². The van der Waals surface area contributed by atoms with Crippen molar-refractivity contribution < 1.29 is 28.9 Å². The third kappa shape index (κ3) is 6.78. The van der Waals surface area contributed by atoms with Crippen LogP contribution in [0.5, 0.6) is 11.5 Å². The van der Waals surface area contributed by atoms with Crippen molar-refractivity contribution in [1.29, 1.82) is 5.26 Å². The number of pyridine rings is 1. The summed E-state index contributed by atoms with van der Waals surface area (Å²) in [6.45, 7) is 1.50. The highest BCUT2D eigenvalue weighted by atomic mass is 35.5. The van der Waals surface area contributed by atoms with Gasteiger partial charge in [-0.05, 0) is 54.7 Å². The number of fused-ring (bicyclic) bond motifs is 1. The summed E-state index contributed by atoms with van der Waals surface area (Å²) in [4.78, 5) is 15.7. The highest BCUT2D eigenvalue weighted by molar-refractivity contribution is 6.32. The van der Waals surface area contributed by atoms with E-state index in [-0.39, 0.29) is 25.1 Å². The minimum absolute atomic E-state index is 0.0337. The van der Waals surface area contributed by atoms with E-state index in [0.717, 1.165) is 16.7 Å². The van der Waals surface area contributed by atoms with E-state index in [1.54, 1.807) is 36.5 Å². The minimum atomic E-state index is -1.21. The summed E-state index contributed by atoms with van der Waals surface area (Å²) in [5.41, 5.74) is 4.93. The third-order valence-electron chi connectivity index (χ3n) is 7.34. The number of nitrogens with zero attached hydrogens (tertiary/aromatic N) is 2. The highest BCUT2D eigenvalue weighted by Crippen LogP contribution is 2.43. The van der Waals surface area contributed by atoms with Crippen LogP contribution in [0.1, 0.15) is 47.3 Å². The number of aliphatic hydroxyl groups excluding tert-OH is 1. The number of hydrogen-bond acceptors (Lipinski definition) is 7. The molecule has 5 rings (SSSR count). The molecule has 220 valence electrons. The lowest BCUT2D eigenvalue weighted by Crippen LogP contribution is -2.44. The molecular weight excluding hydrogens is 573 g/mol. The Bertz CT molecular complexity index is 1690. The van der Waals surface area contributed by atoms with E-state index >= 15 is 0 Å². The van der Waals surface area contributed by atoms with Gasteiger partial charge in [0.05, 0.1) is 16.7 Å². The molecule has 0 radical (unpaired) electrons. The predicted molar refractivity (Wildman–Crippen MR) is 158 cm³/mol. The first-order chi connectivity index (χ1) is 20.7. The van der Waals surface area contributed by atoms with Crippen molar-refractivity contribution in [2.45, 2.75) is 51.2 Å². The fourth-order valence-corrected chi connectivity index (χ4v) is 5.47. The van der Waals surface area contributed by atoms with Gasteiger partial charge in [0.1, 0.15) is 42.1 Å². The largest absolute Gasteiger partial charge is 0.488 e. The second-order valence-corrected chi connectivity index (χ2v) is 10.7. The molecule has 0 aliphatic heterocycles. The summed E-state index contributed by atoms with van der Waals surface area (Å²) in [7, 11) is 0.